The van der Waals surface area contributed by atoms with Crippen molar-refractivity contribution in [1.29, 1.82) is 0 Å². The Balaban J connectivity index is 2.77. The molecule has 1 rings (SSSR count). The molecule has 0 spiro atoms. The second kappa shape index (κ2) is 6.19. The number of hydrogen-bond donors (Lipinski definition) is 1. The maximum Gasteiger partial charge on any atom is 0.419 e. The summed E-state index contributed by atoms with van der Waals surface area (Å²) in [5.74, 6) is 0.657. The van der Waals surface area contributed by atoms with E-state index in [2.05, 4.69) is 12.6 Å². The highest BCUT2D eigenvalue weighted by Crippen LogP contribution is 2.36. The number of hydrogen-bond acceptors (Lipinski definition) is 2. The Morgan fingerprint density at radius 2 is 1.94 bits per heavy atom. The lowest BCUT2D eigenvalue weighted by Crippen LogP contribution is -2.15. The molecule has 1 atom stereocenters. The lowest BCUT2D eigenvalue weighted by atomic mass is 10.1. The van der Waals surface area contributed by atoms with Crippen molar-refractivity contribution in [2.24, 2.45) is 5.92 Å². The molecule has 1 nitrogen and oxygen atoms in total. The molecule has 0 aliphatic carbocycles. The van der Waals surface area contributed by atoms with Crippen molar-refractivity contribution in [3.8, 4) is 5.75 Å². The molecule has 0 bridgehead atoms. The third-order valence-corrected chi connectivity index (χ3v) is 3.02. The Bertz CT molecular complexity index is 348. The van der Waals surface area contributed by atoms with E-state index in [0.29, 0.717) is 5.75 Å². The number of alkyl halides is 3. The first-order valence-electron chi connectivity index (χ1n) is 5.39. The van der Waals surface area contributed by atoms with E-state index < -0.39 is 11.7 Å². The Hall–Kier alpha value is -0.840. The van der Waals surface area contributed by atoms with Gasteiger partial charge in [-0.3, -0.25) is 0 Å². The zero-order valence-electron chi connectivity index (χ0n) is 9.50. The van der Waals surface area contributed by atoms with Gasteiger partial charge >= 0.3 is 6.18 Å². The van der Waals surface area contributed by atoms with Gasteiger partial charge in [0.15, 0.2) is 0 Å². The van der Waals surface area contributed by atoms with Gasteiger partial charge in [0.1, 0.15) is 5.75 Å². The second-order valence-electron chi connectivity index (χ2n) is 3.76. The Labute approximate surface area is 104 Å². The van der Waals surface area contributed by atoms with E-state index in [1.165, 1.54) is 18.2 Å². The van der Waals surface area contributed by atoms with E-state index in [1.807, 2.05) is 6.92 Å². The van der Waals surface area contributed by atoms with Crippen LogP contribution in [0.3, 0.4) is 0 Å². The van der Waals surface area contributed by atoms with Gasteiger partial charge in [-0.2, -0.15) is 25.8 Å². The number of para-hydroxylation sites is 1. The third kappa shape index (κ3) is 4.15. The van der Waals surface area contributed by atoms with Crippen LogP contribution in [0, 0.1) is 5.92 Å². The molecular weight excluding hydrogens is 249 g/mol. The van der Waals surface area contributed by atoms with Gasteiger partial charge in [-0.15, -0.1) is 0 Å². The average molecular weight is 264 g/mol. The molecule has 5 heteroatoms. The van der Waals surface area contributed by atoms with E-state index in [9.17, 15) is 13.2 Å². The summed E-state index contributed by atoms with van der Waals surface area (Å²) in [5, 5.41) is 0. The van der Waals surface area contributed by atoms with Crippen LogP contribution in [-0.4, -0.2) is 12.4 Å². The van der Waals surface area contributed by atoms with E-state index >= 15 is 0 Å². The van der Waals surface area contributed by atoms with Crippen molar-refractivity contribution in [1.82, 2.24) is 0 Å². The predicted octanol–water partition coefficient (Wildman–Crippen LogP) is 4.04. The van der Waals surface area contributed by atoms with Gasteiger partial charge in [-0.25, -0.2) is 0 Å². The van der Waals surface area contributed by atoms with Crippen molar-refractivity contribution in [2.45, 2.75) is 19.5 Å². The molecule has 0 aliphatic rings. The molecule has 0 aromatic heterocycles. The van der Waals surface area contributed by atoms with Crippen molar-refractivity contribution >= 4 is 12.6 Å². The van der Waals surface area contributed by atoms with Gasteiger partial charge in [-0.05, 0) is 24.3 Å². The van der Waals surface area contributed by atoms with Gasteiger partial charge in [0.2, 0.25) is 0 Å². The van der Waals surface area contributed by atoms with Gasteiger partial charge in [-0.1, -0.05) is 19.1 Å². The molecule has 0 saturated heterocycles. The lowest BCUT2D eigenvalue weighted by molar-refractivity contribution is -0.139. The van der Waals surface area contributed by atoms with Crippen molar-refractivity contribution in [3.05, 3.63) is 29.8 Å². The number of ether oxygens (including phenoxy) is 1. The van der Waals surface area contributed by atoms with E-state index in [-0.39, 0.29) is 18.3 Å². The van der Waals surface area contributed by atoms with Crippen LogP contribution in [0.5, 0.6) is 5.75 Å². The monoisotopic (exact) mass is 264 g/mol. The topological polar surface area (TPSA) is 9.23 Å². The molecule has 17 heavy (non-hydrogen) atoms. The second-order valence-corrected chi connectivity index (χ2v) is 4.13. The highest BCUT2D eigenvalue weighted by molar-refractivity contribution is 7.80. The summed E-state index contributed by atoms with van der Waals surface area (Å²) >= 11 is 4.12. The van der Waals surface area contributed by atoms with Crippen LogP contribution in [0.4, 0.5) is 13.2 Å². The summed E-state index contributed by atoms with van der Waals surface area (Å²) in [6.45, 7) is 2.22. The normalized spacial score (nSPS) is 13.5. The van der Waals surface area contributed by atoms with Gasteiger partial charge in [0, 0.05) is 5.92 Å². The molecule has 1 aromatic rings. The highest BCUT2D eigenvalue weighted by Gasteiger charge is 2.34. The Kier molecular flexibility index (Phi) is 5.18. The van der Waals surface area contributed by atoms with Crippen LogP contribution in [0.25, 0.3) is 0 Å². The van der Waals surface area contributed by atoms with Crippen molar-refractivity contribution in [2.75, 3.05) is 12.4 Å². The minimum absolute atomic E-state index is 0.111. The summed E-state index contributed by atoms with van der Waals surface area (Å²) < 4.78 is 43.2. The zero-order chi connectivity index (χ0) is 12.9. The van der Waals surface area contributed by atoms with Crippen LogP contribution in [0.15, 0.2) is 24.3 Å². The third-order valence-electron chi connectivity index (χ3n) is 2.50. The lowest BCUT2D eigenvalue weighted by Gasteiger charge is -2.17. The Morgan fingerprint density at radius 3 is 2.47 bits per heavy atom. The Morgan fingerprint density at radius 1 is 1.29 bits per heavy atom. The number of thiol groups is 1. The first kappa shape index (κ1) is 14.2. The minimum Gasteiger partial charge on any atom is -0.493 e. The average Bonchev–Trinajstić information content (AvgIpc) is 2.29. The molecular formula is C12H15F3OS. The van der Waals surface area contributed by atoms with E-state index in [4.69, 9.17) is 4.74 Å². The first-order valence-corrected chi connectivity index (χ1v) is 6.02. The molecule has 0 fully saturated rings. The molecule has 0 N–H and O–H groups in total. The summed E-state index contributed by atoms with van der Waals surface area (Å²) in [5.41, 5.74) is -0.728. The van der Waals surface area contributed by atoms with Crippen LogP contribution in [0.2, 0.25) is 0 Å². The summed E-state index contributed by atoms with van der Waals surface area (Å²) in [6, 6.07) is 5.25. The van der Waals surface area contributed by atoms with Crippen LogP contribution < -0.4 is 4.74 Å². The molecule has 0 radical (unpaired) electrons. The zero-order valence-corrected chi connectivity index (χ0v) is 10.4. The van der Waals surface area contributed by atoms with Crippen molar-refractivity contribution < 1.29 is 17.9 Å². The predicted molar refractivity (Wildman–Crippen MR) is 64.6 cm³/mol. The molecule has 0 saturated carbocycles. The summed E-state index contributed by atoms with van der Waals surface area (Å²) in [6.07, 6.45) is -3.54. The quantitative estimate of drug-likeness (QED) is 0.790. The smallest absolute Gasteiger partial charge is 0.419 e. The molecule has 0 aliphatic heterocycles. The van der Waals surface area contributed by atoms with Gasteiger partial charge in [0.05, 0.1) is 12.2 Å². The summed E-state index contributed by atoms with van der Waals surface area (Å²) in [4.78, 5) is 0. The van der Waals surface area contributed by atoms with Crippen LogP contribution in [-0.2, 0) is 6.18 Å². The first-order chi connectivity index (χ1) is 7.99. The molecule has 1 unspecified atom stereocenters. The maximum atomic E-state index is 12.6. The highest BCUT2D eigenvalue weighted by atomic mass is 32.1. The van der Waals surface area contributed by atoms with E-state index in [1.54, 1.807) is 0 Å². The molecule has 0 heterocycles. The molecule has 1 aromatic carbocycles. The number of halogens is 3. The van der Waals surface area contributed by atoms with Gasteiger partial charge < -0.3 is 4.74 Å². The fraction of sp³-hybridized carbons (Fsp3) is 0.500. The van der Waals surface area contributed by atoms with Crippen LogP contribution in [0.1, 0.15) is 18.9 Å². The van der Waals surface area contributed by atoms with Crippen LogP contribution >= 0.6 is 12.6 Å². The van der Waals surface area contributed by atoms with E-state index in [0.717, 1.165) is 12.5 Å². The van der Waals surface area contributed by atoms with Gasteiger partial charge in [0.25, 0.3) is 0 Å². The maximum absolute atomic E-state index is 12.6. The summed E-state index contributed by atoms with van der Waals surface area (Å²) in [7, 11) is 0. The standard InChI is InChI=1S/C12H15F3OS/c1-2-9(8-17)7-16-11-6-4-3-5-10(11)12(13,14)15/h3-6,9,17H,2,7-8H2,1H3. The number of benzene rings is 1. The fourth-order valence-electron chi connectivity index (χ4n) is 1.33. The SMILES string of the molecule is CCC(CS)COc1ccccc1C(F)(F)F. The fourth-order valence-corrected chi connectivity index (χ4v) is 1.70. The minimum atomic E-state index is -4.38. The van der Waals surface area contributed by atoms with Crippen molar-refractivity contribution in [3.63, 3.8) is 0 Å². The molecule has 0 amide bonds. The number of rotatable bonds is 5. The molecule has 96 valence electrons. The largest absolute Gasteiger partial charge is 0.493 e.